The van der Waals surface area contributed by atoms with Crippen molar-refractivity contribution in [2.45, 2.75) is 11.4 Å². The Labute approximate surface area is 208 Å². The minimum absolute atomic E-state index is 0.0311. The number of fused-ring (bicyclic) bond motifs is 9. The number of amides is 1. The molecule has 13 heteroatoms. The van der Waals surface area contributed by atoms with Gasteiger partial charge >= 0.3 is 10.4 Å². The lowest BCUT2D eigenvalue weighted by Crippen LogP contribution is -2.28. The Morgan fingerprint density at radius 3 is 2.86 bits per heavy atom. The fraction of sp³-hybridized carbons (Fsp3) is 0.0870. The molecule has 0 fully saturated rings. The molecule has 36 heavy (non-hydrogen) atoms. The maximum atomic E-state index is 13.2. The van der Waals surface area contributed by atoms with Crippen molar-refractivity contribution >= 4 is 43.5 Å². The van der Waals surface area contributed by atoms with Gasteiger partial charge in [-0.3, -0.25) is 14.3 Å². The Kier molecular flexibility index (Phi) is 5.25. The number of anilines is 1. The Morgan fingerprint density at radius 2 is 1.97 bits per heavy atom. The van der Waals surface area contributed by atoms with E-state index in [0.29, 0.717) is 24.3 Å². The number of thiophene rings is 1. The molecule has 11 nitrogen and oxygen atoms in total. The second kappa shape index (κ2) is 8.48. The van der Waals surface area contributed by atoms with E-state index in [0.717, 1.165) is 20.7 Å². The van der Waals surface area contributed by atoms with Crippen molar-refractivity contribution < 1.29 is 13.6 Å². The Morgan fingerprint density at radius 1 is 1.08 bits per heavy atom. The minimum Gasteiger partial charge on any atom is -0.350 e. The average molecular weight is 521 g/mol. The molecule has 1 unspecified atom stereocenters. The predicted molar refractivity (Wildman–Crippen MR) is 136 cm³/mol. The number of H-pyrrole nitrogens is 1. The average Bonchev–Trinajstić information content (AvgIpc) is 3.52. The highest BCUT2D eigenvalue weighted by molar-refractivity contribution is 7.99. The summed E-state index contributed by atoms with van der Waals surface area (Å²) in [5, 5.41) is 7.18. The topological polar surface area (TPSA) is 155 Å². The Balaban J connectivity index is 1.52. The van der Waals surface area contributed by atoms with Gasteiger partial charge in [0.15, 0.2) is 5.69 Å². The highest BCUT2D eigenvalue weighted by Gasteiger charge is 2.31. The number of hydrogen-bond donors (Lipinski definition) is 4. The number of pyridine rings is 1. The first-order valence-corrected chi connectivity index (χ1v) is 13.1. The molecule has 4 N–H and O–H groups in total. The zero-order valence-corrected chi connectivity index (χ0v) is 20.1. The zero-order valence-electron chi connectivity index (χ0n) is 18.5. The van der Waals surface area contributed by atoms with Crippen molar-refractivity contribution in [3.63, 3.8) is 0 Å². The molecule has 1 atom stereocenters. The summed E-state index contributed by atoms with van der Waals surface area (Å²) < 4.78 is 29.0. The first-order chi connectivity index (χ1) is 17.4. The molecule has 1 aliphatic rings. The van der Waals surface area contributed by atoms with Crippen LogP contribution in [0, 0.1) is 0 Å². The third kappa shape index (κ3) is 3.98. The summed E-state index contributed by atoms with van der Waals surface area (Å²) in [6.07, 6.45) is 6.58. The molecule has 180 valence electrons. The van der Waals surface area contributed by atoms with Gasteiger partial charge in [0, 0.05) is 46.6 Å². The van der Waals surface area contributed by atoms with Crippen LogP contribution in [0.4, 0.5) is 5.69 Å². The van der Waals surface area contributed by atoms with Gasteiger partial charge in [0.2, 0.25) is 4.90 Å². The van der Waals surface area contributed by atoms with Crippen LogP contribution in [0.25, 0.3) is 31.9 Å². The van der Waals surface area contributed by atoms with Crippen LogP contribution in [0.2, 0.25) is 0 Å². The van der Waals surface area contributed by atoms with Crippen LogP contribution in [0.3, 0.4) is 0 Å². The third-order valence-electron chi connectivity index (χ3n) is 5.70. The molecule has 5 aromatic rings. The monoisotopic (exact) mass is 520 g/mol. The number of nitrogens with one attached hydrogen (secondary N) is 3. The number of carbonyl (C=O) groups is 1. The van der Waals surface area contributed by atoms with Crippen molar-refractivity contribution in [3.05, 3.63) is 77.2 Å². The quantitative estimate of drug-likeness (QED) is 0.229. The van der Waals surface area contributed by atoms with Crippen LogP contribution in [-0.4, -0.2) is 41.7 Å². The summed E-state index contributed by atoms with van der Waals surface area (Å²) in [7, 11) is -3.90. The van der Waals surface area contributed by atoms with E-state index in [2.05, 4.69) is 30.1 Å². The van der Waals surface area contributed by atoms with Gasteiger partial charge in [-0.1, -0.05) is 6.07 Å². The van der Waals surface area contributed by atoms with Gasteiger partial charge in [0.1, 0.15) is 6.33 Å². The molecule has 0 saturated carbocycles. The van der Waals surface area contributed by atoms with E-state index in [4.69, 9.17) is 0 Å². The molecule has 1 amide bonds. The van der Waals surface area contributed by atoms with Gasteiger partial charge in [-0.2, -0.15) is 14.4 Å². The summed E-state index contributed by atoms with van der Waals surface area (Å²) in [6, 6.07) is 9.19. The normalized spacial score (nSPS) is 17.6. The number of carbonyl (C=O) groups excluding carboxylic acids is 1. The van der Waals surface area contributed by atoms with Crippen molar-refractivity contribution in [1.29, 1.82) is 0 Å². The van der Waals surface area contributed by atoms with Gasteiger partial charge in [-0.05, 0) is 28.5 Å². The van der Waals surface area contributed by atoms with Gasteiger partial charge in [0.25, 0.3) is 11.5 Å². The van der Waals surface area contributed by atoms with Crippen molar-refractivity contribution in [1.82, 2.24) is 30.0 Å². The number of aromatic amines is 1. The molecule has 1 aliphatic heterocycles. The summed E-state index contributed by atoms with van der Waals surface area (Å²) in [5.41, 5.74) is 2.43. The second-order valence-electron chi connectivity index (χ2n) is 8.08. The number of nitrogens with zero attached hydrogens (tertiary/aromatic N) is 4. The van der Waals surface area contributed by atoms with E-state index in [1.807, 2.05) is 12.3 Å². The van der Waals surface area contributed by atoms with Crippen LogP contribution < -0.4 is 15.6 Å². The lowest BCUT2D eigenvalue weighted by atomic mass is 10.2. The van der Waals surface area contributed by atoms with E-state index < -0.39 is 21.9 Å². The fourth-order valence-electron chi connectivity index (χ4n) is 3.92. The van der Waals surface area contributed by atoms with Gasteiger partial charge in [-0.15, -0.1) is 11.3 Å². The number of benzene rings is 1. The summed E-state index contributed by atoms with van der Waals surface area (Å²) >= 11 is 1.43. The Bertz CT molecular complexity index is 1760. The van der Waals surface area contributed by atoms with E-state index in [1.54, 1.807) is 16.9 Å². The molecule has 1 aromatic carbocycles. The summed E-state index contributed by atoms with van der Waals surface area (Å²) in [6.45, 7) is 0.710. The van der Waals surface area contributed by atoms with Crippen LogP contribution in [0.15, 0.2) is 71.0 Å². The van der Waals surface area contributed by atoms with Crippen molar-refractivity contribution in [2.75, 3.05) is 11.3 Å². The summed E-state index contributed by atoms with van der Waals surface area (Å²) in [5.74, 6) is -0.402. The standard InChI is InChI=1S/C23H17N7O4S2/c31-22-13-2-1-3-16(6-13)36(33,34)29-18-7-14(9-25-23(18)32)19-8-17-21(35-19)20(27-12-26-17)15-10-28-30(11-15)5-4-24-22/h1-3,6-12H,4-5H2,(H3-,24,25,26,27,29,31,32,33,34)/p+1. The molecule has 8 bridgehead atoms. The van der Waals surface area contributed by atoms with Crippen LogP contribution >= 0.6 is 11.3 Å². The first-order valence-electron chi connectivity index (χ1n) is 10.8. The Hall–Kier alpha value is -4.20. The number of aromatic nitrogens is 5. The number of hydrogen-bond acceptors (Lipinski definition) is 7. The minimum atomic E-state index is -3.90. The van der Waals surface area contributed by atoms with Crippen LogP contribution in [-0.2, 0) is 21.2 Å². The molecular formula is C23H18N7O4S2+. The molecule has 5 heterocycles. The molecule has 0 radical (unpaired) electrons. The lowest BCUT2D eigenvalue weighted by Gasteiger charge is -2.09. The number of rotatable bonds is 0. The SMILES string of the molecule is O=C1NCCn2cc(cn2)-c2ncnc3cc(sc23)-c2c[nH]c(=O)c(c2)N[S+](=O)(O)c2cccc1c2. The second-order valence-corrected chi connectivity index (χ2v) is 10.9. The molecule has 0 saturated heterocycles. The molecule has 0 aliphatic carbocycles. The van der Waals surface area contributed by atoms with Gasteiger partial charge < -0.3 is 10.3 Å². The fourth-order valence-corrected chi connectivity index (χ4v) is 6.14. The molecule has 6 rings (SSSR count). The van der Waals surface area contributed by atoms with E-state index in [9.17, 15) is 18.4 Å². The van der Waals surface area contributed by atoms with Crippen LogP contribution in [0.1, 0.15) is 10.4 Å². The van der Waals surface area contributed by atoms with E-state index >= 15 is 0 Å². The van der Waals surface area contributed by atoms with Crippen molar-refractivity contribution in [2.24, 2.45) is 0 Å². The van der Waals surface area contributed by atoms with E-state index in [-0.39, 0.29) is 16.1 Å². The predicted octanol–water partition coefficient (Wildman–Crippen LogP) is 3.01. The van der Waals surface area contributed by atoms with Crippen molar-refractivity contribution in [3.8, 4) is 21.7 Å². The largest absolute Gasteiger partial charge is 0.350 e. The summed E-state index contributed by atoms with van der Waals surface area (Å²) in [4.78, 5) is 37.4. The zero-order chi connectivity index (χ0) is 24.9. The lowest BCUT2D eigenvalue weighted by molar-refractivity contribution is 0.0951. The first kappa shape index (κ1) is 22.3. The molecule has 4 aromatic heterocycles. The maximum absolute atomic E-state index is 13.2. The highest BCUT2D eigenvalue weighted by Crippen LogP contribution is 2.37. The third-order valence-corrected chi connectivity index (χ3v) is 8.27. The van der Waals surface area contributed by atoms with Gasteiger partial charge in [-0.25, -0.2) is 9.97 Å². The smallest absolute Gasteiger partial charge is 0.346 e. The maximum Gasteiger partial charge on any atom is 0.346 e. The van der Waals surface area contributed by atoms with Gasteiger partial charge in [0.05, 0.1) is 28.7 Å². The highest BCUT2D eigenvalue weighted by atomic mass is 32.3. The molecule has 0 spiro atoms. The van der Waals surface area contributed by atoms with E-state index in [1.165, 1.54) is 48.1 Å². The van der Waals surface area contributed by atoms with Crippen LogP contribution in [0.5, 0.6) is 0 Å². The molecular weight excluding hydrogens is 502 g/mol.